The lowest BCUT2D eigenvalue weighted by molar-refractivity contribution is -0.122. The lowest BCUT2D eigenvalue weighted by Crippen LogP contribution is -2.41. The third-order valence-corrected chi connectivity index (χ3v) is 3.11. The van der Waals surface area contributed by atoms with E-state index in [1.807, 2.05) is 32.0 Å². The van der Waals surface area contributed by atoms with Gasteiger partial charge in [0, 0.05) is 12.2 Å². The minimum absolute atomic E-state index is 0.0242. The SMILES string of the molecule is Cc1cccc(C)c1N1CCC(O)CC1=O. The summed E-state index contributed by atoms with van der Waals surface area (Å²) in [6, 6.07) is 6.03. The van der Waals surface area contributed by atoms with Crippen LogP contribution in [0.4, 0.5) is 5.69 Å². The molecule has 3 heteroatoms. The van der Waals surface area contributed by atoms with Gasteiger partial charge in [0.05, 0.1) is 12.5 Å². The van der Waals surface area contributed by atoms with Crippen LogP contribution in [0, 0.1) is 13.8 Å². The molecule has 1 unspecified atom stereocenters. The zero-order valence-corrected chi connectivity index (χ0v) is 9.73. The van der Waals surface area contributed by atoms with Gasteiger partial charge in [-0.25, -0.2) is 0 Å². The lowest BCUT2D eigenvalue weighted by atomic mass is 10.0. The highest BCUT2D eigenvalue weighted by molar-refractivity contribution is 5.95. The molecule has 1 saturated heterocycles. The van der Waals surface area contributed by atoms with Crippen molar-refractivity contribution in [3.63, 3.8) is 0 Å². The van der Waals surface area contributed by atoms with Crippen LogP contribution in [0.3, 0.4) is 0 Å². The molecule has 0 saturated carbocycles. The molecule has 0 spiro atoms. The van der Waals surface area contributed by atoms with Gasteiger partial charge in [0.2, 0.25) is 5.91 Å². The van der Waals surface area contributed by atoms with Gasteiger partial charge >= 0.3 is 0 Å². The van der Waals surface area contributed by atoms with Crippen molar-refractivity contribution in [2.45, 2.75) is 32.8 Å². The minimum atomic E-state index is -0.465. The van der Waals surface area contributed by atoms with Crippen molar-refractivity contribution >= 4 is 11.6 Å². The molecule has 1 N–H and O–H groups in total. The molecule has 1 fully saturated rings. The van der Waals surface area contributed by atoms with E-state index >= 15 is 0 Å². The number of aliphatic hydroxyl groups excluding tert-OH is 1. The van der Waals surface area contributed by atoms with Crippen molar-refractivity contribution in [1.82, 2.24) is 0 Å². The first-order chi connectivity index (χ1) is 7.59. The summed E-state index contributed by atoms with van der Waals surface area (Å²) in [5.41, 5.74) is 3.24. The Labute approximate surface area is 95.7 Å². The maximum absolute atomic E-state index is 11.9. The second kappa shape index (κ2) is 4.26. The number of amides is 1. The van der Waals surface area contributed by atoms with Gasteiger partial charge in [-0.1, -0.05) is 18.2 Å². The molecule has 1 aromatic carbocycles. The lowest BCUT2D eigenvalue weighted by Gasteiger charge is -2.31. The Balaban J connectivity index is 2.34. The van der Waals surface area contributed by atoms with Gasteiger partial charge in [0.1, 0.15) is 0 Å². The van der Waals surface area contributed by atoms with Crippen molar-refractivity contribution in [1.29, 1.82) is 0 Å². The first-order valence-electron chi connectivity index (χ1n) is 5.64. The van der Waals surface area contributed by atoms with Crippen LogP contribution in [0.2, 0.25) is 0 Å². The monoisotopic (exact) mass is 219 g/mol. The summed E-state index contributed by atoms with van der Waals surface area (Å²) in [5.74, 6) is 0.0242. The number of carbonyl (C=O) groups excluding carboxylic acids is 1. The summed E-state index contributed by atoms with van der Waals surface area (Å²) < 4.78 is 0. The fourth-order valence-corrected chi connectivity index (χ4v) is 2.28. The fraction of sp³-hybridized carbons (Fsp3) is 0.462. The average molecular weight is 219 g/mol. The Morgan fingerprint density at radius 2 is 1.94 bits per heavy atom. The fourth-order valence-electron chi connectivity index (χ4n) is 2.28. The molecule has 1 amide bonds. The molecule has 1 aliphatic rings. The Morgan fingerprint density at radius 3 is 2.50 bits per heavy atom. The first-order valence-corrected chi connectivity index (χ1v) is 5.64. The summed E-state index contributed by atoms with van der Waals surface area (Å²) in [6.45, 7) is 4.65. The highest BCUT2D eigenvalue weighted by Gasteiger charge is 2.26. The van der Waals surface area contributed by atoms with Gasteiger partial charge < -0.3 is 10.0 Å². The number of rotatable bonds is 1. The van der Waals surface area contributed by atoms with Gasteiger partial charge in [0.25, 0.3) is 0 Å². The largest absolute Gasteiger partial charge is 0.393 e. The van der Waals surface area contributed by atoms with Crippen LogP contribution in [-0.4, -0.2) is 23.7 Å². The van der Waals surface area contributed by atoms with E-state index in [2.05, 4.69) is 0 Å². The number of benzene rings is 1. The molecule has 0 aliphatic carbocycles. The topological polar surface area (TPSA) is 40.5 Å². The van der Waals surface area contributed by atoms with E-state index < -0.39 is 6.10 Å². The molecule has 86 valence electrons. The third kappa shape index (κ3) is 1.95. The number of aryl methyl sites for hydroxylation is 2. The minimum Gasteiger partial charge on any atom is -0.393 e. The van der Waals surface area contributed by atoms with E-state index in [0.717, 1.165) is 16.8 Å². The number of piperidine rings is 1. The van der Waals surface area contributed by atoms with Crippen LogP contribution in [0.25, 0.3) is 0 Å². The van der Waals surface area contributed by atoms with Crippen molar-refractivity contribution < 1.29 is 9.90 Å². The van der Waals surface area contributed by atoms with Crippen LogP contribution in [-0.2, 0) is 4.79 Å². The zero-order chi connectivity index (χ0) is 11.7. The first kappa shape index (κ1) is 11.1. The predicted molar refractivity (Wildman–Crippen MR) is 63.5 cm³/mol. The Morgan fingerprint density at radius 1 is 1.31 bits per heavy atom. The average Bonchev–Trinajstić information content (AvgIpc) is 2.20. The molecule has 0 radical (unpaired) electrons. The van der Waals surface area contributed by atoms with Gasteiger partial charge in [-0.3, -0.25) is 4.79 Å². The number of aliphatic hydroxyl groups is 1. The quantitative estimate of drug-likeness (QED) is 0.782. The normalized spacial score (nSPS) is 21.3. The molecular formula is C13H17NO2. The second-order valence-corrected chi connectivity index (χ2v) is 4.43. The summed E-state index contributed by atoms with van der Waals surface area (Å²) >= 11 is 0. The van der Waals surface area contributed by atoms with Crippen molar-refractivity contribution in [2.75, 3.05) is 11.4 Å². The second-order valence-electron chi connectivity index (χ2n) is 4.43. The predicted octanol–water partition coefficient (Wildman–Crippen LogP) is 1.79. The Bertz CT molecular complexity index is 394. The Kier molecular flexibility index (Phi) is 2.97. The van der Waals surface area contributed by atoms with E-state index in [0.29, 0.717) is 13.0 Å². The number of anilines is 1. The van der Waals surface area contributed by atoms with E-state index in [4.69, 9.17) is 0 Å². The van der Waals surface area contributed by atoms with Gasteiger partial charge in [-0.05, 0) is 31.4 Å². The number of hydrogen-bond donors (Lipinski definition) is 1. The van der Waals surface area contributed by atoms with Crippen LogP contribution in [0.5, 0.6) is 0 Å². The van der Waals surface area contributed by atoms with Gasteiger partial charge in [0.15, 0.2) is 0 Å². The molecule has 1 aromatic rings. The number of carbonyl (C=O) groups is 1. The van der Waals surface area contributed by atoms with Crippen LogP contribution in [0.1, 0.15) is 24.0 Å². The third-order valence-electron chi connectivity index (χ3n) is 3.11. The van der Waals surface area contributed by atoms with E-state index in [9.17, 15) is 9.90 Å². The van der Waals surface area contributed by atoms with Gasteiger partial charge in [-0.15, -0.1) is 0 Å². The standard InChI is InChI=1S/C13H17NO2/c1-9-4-3-5-10(2)13(9)14-7-6-11(15)8-12(14)16/h3-5,11,15H,6-8H2,1-2H3. The molecule has 0 bridgehead atoms. The molecule has 1 heterocycles. The maximum Gasteiger partial charge on any atom is 0.229 e. The van der Waals surface area contributed by atoms with Crippen LogP contribution >= 0.6 is 0 Å². The summed E-state index contributed by atoms with van der Waals surface area (Å²) in [5, 5.41) is 9.44. The molecule has 3 nitrogen and oxygen atoms in total. The summed E-state index contributed by atoms with van der Waals surface area (Å²) in [4.78, 5) is 13.7. The van der Waals surface area contributed by atoms with Crippen LogP contribution < -0.4 is 4.90 Å². The highest BCUT2D eigenvalue weighted by atomic mass is 16.3. The van der Waals surface area contributed by atoms with E-state index in [-0.39, 0.29) is 12.3 Å². The van der Waals surface area contributed by atoms with Crippen molar-refractivity contribution in [2.24, 2.45) is 0 Å². The van der Waals surface area contributed by atoms with E-state index in [1.54, 1.807) is 4.90 Å². The number of hydrogen-bond acceptors (Lipinski definition) is 2. The summed E-state index contributed by atoms with van der Waals surface area (Å²) in [7, 11) is 0. The molecular weight excluding hydrogens is 202 g/mol. The smallest absolute Gasteiger partial charge is 0.229 e. The molecule has 16 heavy (non-hydrogen) atoms. The van der Waals surface area contributed by atoms with Gasteiger partial charge in [-0.2, -0.15) is 0 Å². The molecule has 2 rings (SSSR count). The molecule has 0 aromatic heterocycles. The molecule has 1 aliphatic heterocycles. The zero-order valence-electron chi connectivity index (χ0n) is 9.73. The highest BCUT2D eigenvalue weighted by Crippen LogP contribution is 2.27. The molecule has 1 atom stereocenters. The number of nitrogens with zero attached hydrogens (tertiary/aromatic N) is 1. The van der Waals surface area contributed by atoms with Crippen molar-refractivity contribution in [3.05, 3.63) is 29.3 Å². The Hall–Kier alpha value is -1.35. The van der Waals surface area contributed by atoms with Crippen molar-refractivity contribution in [3.8, 4) is 0 Å². The van der Waals surface area contributed by atoms with E-state index in [1.165, 1.54) is 0 Å². The summed E-state index contributed by atoms with van der Waals surface area (Å²) in [6.07, 6.45) is 0.445. The maximum atomic E-state index is 11.9. The number of para-hydroxylation sites is 1. The van der Waals surface area contributed by atoms with Crippen LogP contribution in [0.15, 0.2) is 18.2 Å².